The topological polar surface area (TPSA) is 29.1 Å². The Balaban J connectivity index is 2.12. The van der Waals surface area contributed by atoms with E-state index in [2.05, 4.69) is 49.3 Å². The number of halogens is 2. The minimum absolute atomic E-state index is 0.0244. The first kappa shape index (κ1) is 14.4. The number of hydrogen-bond acceptors (Lipinski definition) is 2. The van der Waals surface area contributed by atoms with Crippen LogP contribution in [-0.4, -0.2) is 27.9 Å². The second-order valence-corrected chi connectivity index (χ2v) is 6.90. The van der Waals surface area contributed by atoms with E-state index < -0.39 is 0 Å². The van der Waals surface area contributed by atoms with Gasteiger partial charge in [0.2, 0.25) is 5.91 Å². The maximum atomic E-state index is 12.4. The molecular formula is C13H15Br2NOS. The first-order valence-corrected chi connectivity index (χ1v) is 8.98. The molecular weight excluding hydrogens is 378 g/mol. The third-order valence-corrected chi connectivity index (χ3v) is 6.69. The second-order valence-electron chi connectivity index (χ2n) is 4.72. The van der Waals surface area contributed by atoms with Crippen molar-refractivity contribution in [1.82, 2.24) is 5.32 Å². The standard InChI is InChI=1S/C13H15Br2NOS/c1-13(7-14,8-15)16-12(17)10-6-18-11-5-3-2-4-9(10)11/h2-5,10H,6-8H2,1H3,(H,16,17). The van der Waals surface area contributed by atoms with Gasteiger partial charge in [0, 0.05) is 21.3 Å². The summed E-state index contributed by atoms with van der Waals surface area (Å²) in [4.78, 5) is 13.6. The van der Waals surface area contributed by atoms with E-state index >= 15 is 0 Å². The van der Waals surface area contributed by atoms with Crippen LogP contribution in [0.5, 0.6) is 0 Å². The molecule has 1 aliphatic heterocycles. The van der Waals surface area contributed by atoms with E-state index in [4.69, 9.17) is 0 Å². The Morgan fingerprint density at radius 3 is 2.78 bits per heavy atom. The lowest BCUT2D eigenvalue weighted by atomic mass is 9.98. The second kappa shape index (κ2) is 5.97. The first-order chi connectivity index (χ1) is 8.59. The molecule has 2 nitrogen and oxygen atoms in total. The minimum atomic E-state index is -0.237. The summed E-state index contributed by atoms with van der Waals surface area (Å²) in [5.41, 5.74) is 0.922. The van der Waals surface area contributed by atoms with E-state index in [9.17, 15) is 4.79 Å². The quantitative estimate of drug-likeness (QED) is 0.794. The molecule has 0 fully saturated rings. The van der Waals surface area contributed by atoms with Crippen LogP contribution in [-0.2, 0) is 4.79 Å². The molecule has 0 aliphatic carbocycles. The highest BCUT2D eigenvalue weighted by molar-refractivity contribution is 9.09. The minimum Gasteiger partial charge on any atom is -0.349 e. The Hall–Kier alpha value is 0. The van der Waals surface area contributed by atoms with Crippen molar-refractivity contribution in [1.29, 1.82) is 0 Å². The normalized spacial score (nSPS) is 18.5. The summed E-state index contributed by atoms with van der Waals surface area (Å²) < 4.78 is 0. The van der Waals surface area contributed by atoms with Crippen LogP contribution in [0, 0.1) is 0 Å². The molecule has 0 aromatic heterocycles. The third kappa shape index (κ3) is 2.94. The Morgan fingerprint density at radius 2 is 2.11 bits per heavy atom. The van der Waals surface area contributed by atoms with Gasteiger partial charge in [0.15, 0.2) is 0 Å². The third-order valence-electron chi connectivity index (χ3n) is 3.03. The SMILES string of the molecule is CC(CBr)(CBr)NC(=O)C1CSc2ccccc21. The van der Waals surface area contributed by atoms with E-state index in [1.807, 2.05) is 19.1 Å². The molecule has 5 heteroatoms. The number of benzene rings is 1. The first-order valence-electron chi connectivity index (χ1n) is 5.75. The average Bonchev–Trinajstić information content (AvgIpc) is 2.82. The van der Waals surface area contributed by atoms with Crippen LogP contribution in [0.2, 0.25) is 0 Å². The fourth-order valence-corrected chi connectivity index (χ4v) is 4.30. The summed E-state index contributed by atoms with van der Waals surface area (Å²) in [5.74, 6) is 0.934. The molecule has 0 bridgehead atoms. The molecule has 1 amide bonds. The van der Waals surface area contributed by atoms with Gasteiger partial charge in [-0.2, -0.15) is 0 Å². The van der Waals surface area contributed by atoms with Crippen molar-refractivity contribution in [3.63, 3.8) is 0 Å². The Kier molecular flexibility index (Phi) is 4.78. The highest BCUT2D eigenvalue weighted by Crippen LogP contribution is 2.39. The van der Waals surface area contributed by atoms with E-state index in [0.29, 0.717) is 0 Å². The molecule has 1 heterocycles. The van der Waals surface area contributed by atoms with Gasteiger partial charge >= 0.3 is 0 Å². The lowest BCUT2D eigenvalue weighted by molar-refractivity contribution is -0.123. The maximum absolute atomic E-state index is 12.4. The fraction of sp³-hybridized carbons (Fsp3) is 0.462. The van der Waals surface area contributed by atoms with Crippen LogP contribution in [0.3, 0.4) is 0 Å². The summed E-state index contributed by atoms with van der Waals surface area (Å²) in [6.45, 7) is 2.03. The van der Waals surface area contributed by atoms with Crippen molar-refractivity contribution < 1.29 is 4.79 Å². The molecule has 1 aromatic carbocycles. The van der Waals surface area contributed by atoms with Crippen molar-refractivity contribution in [3.8, 4) is 0 Å². The maximum Gasteiger partial charge on any atom is 0.228 e. The van der Waals surface area contributed by atoms with Gasteiger partial charge in [0.1, 0.15) is 0 Å². The van der Waals surface area contributed by atoms with Gasteiger partial charge in [0.25, 0.3) is 0 Å². The largest absolute Gasteiger partial charge is 0.349 e. The number of nitrogens with one attached hydrogen (secondary N) is 1. The van der Waals surface area contributed by atoms with Gasteiger partial charge < -0.3 is 5.32 Å². The molecule has 0 saturated carbocycles. The van der Waals surface area contributed by atoms with Crippen LogP contribution in [0.1, 0.15) is 18.4 Å². The monoisotopic (exact) mass is 391 g/mol. The molecule has 98 valence electrons. The molecule has 0 radical (unpaired) electrons. The molecule has 1 N–H and O–H groups in total. The molecule has 18 heavy (non-hydrogen) atoms. The van der Waals surface area contributed by atoms with Gasteiger partial charge in [-0.25, -0.2) is 0 Å². The number of carbonyl (C=O) groups excluding carboxylic acids is 1. The zero-order chi connectivity index (χ0) is 13.2. The number of hydrogen-bond donors (Lipinski definition) is 1. The number of amides is 1. The van der Waals surface area contributed by atoms with Crippen LogP contribution in [0.25, 0.3) is 0 Å². The van der Waals surface area contributed by atoms with Crippen molar-refractivity contribution in [2.24, 2.45) is 0 Å². The smallest absolute Gasteiger partial charge is 0.228 e. The van der Waals surface area contributed by atoms with E-state index in [-0.39, 0.29) is 17.4 Å². The predicted molar refractivity (Wildman–Crippen MR) is 84.0 cm³/mol. The summed E-state index contributed by atoms with van der Waals surface area (Å²) in [7, 11) is 0. The molecule has 0 spiro atoms. The van der Waals surface area contributed by atoms with Crippen LogP contribution in [0.4, 0.5) is 0 Å². The van der Waals surface area contributed by atoms with E-state index in [0.717, 1.165) is 22.0 Å². The van der Waals surface area contributed by atoms with Gasteiger partial charge in [0.05, 0.1) is 11.5 Å². The van der Waals surface area contributed by atoms with E-state index in [1.165, 1.54) is 4.90 Å². The van der Waals surface area contributed by atoms with Crippen molar-refractivity contribution in [2.45, 2.75) is 23.3 Å². The fourth-order valence-electron chi connectivity index (χ4n) is 1.87. The van der Waals surface area contributed by atoms with Gasteiger partial charge in [-0.15, -0.1) is 11.8 Å². The Labute approximate surface area is 129 Å². The number of alkyl halides is 2. The predicted octanol–water partition coefficient (Wildman–Crippen LogP) is 3.54. The van der Waals surface area contributed by atoms with Gasteiger partial charge in [-0.3, -0.25) is 4.79 Å². The summed E-state index contributed by atoms with van der Waals surface area (Å²) >= 11 is 8.66. The molecule has 1 unspecified atom stereocenters. The molecule has 0 saturated heterocycles. The summed E-state index contributed by atoms with van der Waals surface area (Å²) in [5, 5.41) is 4.60. The number of fused-ring (bicyclic) bond motifs is 1. The lowest BCUT2D eigenvalue weighted by Crippen LogP contribution is -2.50. The van der Waals surface area contributed by atoms with Gasteiger partial charge in [-0.1, -0.05) is 50.1 Å². The molecule has 2 rings (SSSR count). The van der Waals surface area contributed by atoms with Crippen LogP contribution >= 0.6 is 43.6 Å². The van der Waals surface area contributed by atoms with Crippen LogP contribution in [0.15, 0.2) is 29.2 Å². The highest BCUT2D eigenvalue weighted by atomic mass is 79.9. The number of carbonyl (C=O) groups is 1. The molecule has 1 aliphatic rings. The Morgan fingerprint density at radius 1 is 1.44 bits per heavy atom. The number of thioether (sulfide) groups is 1. The van der Waals surface area contributed by atoms with E-state index in [1.54, 1.807) is 11.8 Å². The zero-order valence-electron chi connectivity index (χ0n) is 10.1. The molecule has 1 atom stereocenters. The molecule has 1 aromatic rings. The zero-order valence-corrected chi connectivity index (χ0v) is 14.1. The summed E-state index contributed by atoms with van der Waals surface area (Å²) in [6, 6.07) is 8.16. The van der Waals surface area contributed by atoms with Crippen molar-refractivity contribution in [2.75, 3.05) is 16.4 Å². The van der Waals surface area contributed by atoms with Crippen LogP contribution < -0.4 is 5.32 Å². The van der Waals surface area contributed by atoms with Crippen molar-refractivity contribution >= 4 is 49.5 Å². The van der Waals surface area contributed by atoms with Gasteiger partial charge in [-0.05, 0) is 18.6 Å². The number of rotatable bonds is 4. The lowest BCUT2D eigenvalue weighted by Gasteiger charge is -2.28. The average molecular weight is 393 g/mol. The van der Waals surface area contributed by atoms with Crippen molar-refractivity contribution in [3.05, 3.63) is 29.8 Å². The summed E-state index contributed by atoms with van der Waals surface area (Å²) in [6.07, 6.45) is 0. The Bertz CT molecular complexity index is 448. The highest BCUT2D eigenvalue weighted by Gasteiger charge is 2.33.